The predicted molar refractivity (Wildman–Crippen MR) is 105 cm³/mol. The van der Waals surface area contributed by atoms with Gasteiger partial charge in [-0.05, 0) is 42.8 Å². The highest BCUT2D eigenvalue weighted by Gasteiger charge is 2.24. The van der Waals surface area contributed by atoms with Gasteiger partial charge in [0.05, 0.1) is 4.90 Å². The molecule has 0 heterocycles. The molecule has 0 aromatic heterocycles. The lowest BCUT2D eigenvalue weighted by Gasteiger charge is -2.34. The quantitative estimate of drug-likeness (QED) is 0.297. The summed E-state index contributed by atoms with van der Waals surface area (Å²) in [6.07, 6.45) is 4.33. The van der Waals surface area contributed by atoms with E-state index in [2.05, 4.69) is 12.0 Å². The van der Waals surface area contributed by atoms with Crippen LogP contribution < -0.4 is 0 Å². The maximum Gasteiger partial charge on any atom is 0.277 e. The summed E-state index contributed by atoms with van der Waals surface area (Å²) in [6, 6.07) is 15.9. The Labute approximate surface area is 156 Å². The standard InChI is InChI=1S/C19H24N2O2S2/c1-3-4-8-15-20-21(19(24)17-9-6-5-7-10-17)25(22,23)18-13-11-16(2)12-14-18/h5-7,9-15,19,24H,3-4,8H2,1-2H3/p-1/b20-15+. The molecule has 0 spiro atoms. The first-order valence-corrected chi connectivity index (χ1v) is 10.2. The summed E-state index contributed by atoms with van der Waals surface area (Å²) in [7, 11) is -3.82. The molecule has 0 aliphatic rings. The molecule has 2 aromatic rings. The molecule has 0 saturated heterocycles. The number of benzene rings is 2. The maximum atomic E-state index is 13.1. The topological polar surface area (TPSA) is 49.7 Å². The molecule has 0 aliphatic heterocycles. The summed E-state index contributed by atoms with van der Waals surface area (Å²) in [5.41, 5.74) is 1.72. The van der Waals surface area contributed by atoms with Gasteiger partial charge in [-0.25, -0.2) is 4.41 Å². The Morgan fingerprint density at radius 3 is 2.36 bits per heavy atom. The number of aryl methyl sites for hydroxylation is 1. The zero-order valence-corrected chi connectivity index (χ0v) is 16.1. The summed E-state index contributed by atoms with van der Waals surface area (Å²) in [5, 5.41) is 3.42. The van der Waals surface area contributed by atoms with Crippen LogP contribution in [0.15, 0.2) is 64.6 Å². The highest BCUT2D eigenvalue weighted by Crippen LogP contribution is 2.27. The van der Waals surface area contributed by atoms with Crippen LogP contribution in [-0.2, 0) is 22.7 Å². The molecule has 134 valence electrons. The highest BCUT2D eigenvalue weighted by atomic mass is 32.2. The van der Waals surface area contributed by atoms with Crippen molar-refractivity contribution in [3.05, 3.63) is 65.7 Å². The second-order valence-corrected chi connectivity index (χ2v) is 8.04. The minimum Gasteiger partial charge on any atom is -0.760 e. The minimum atomic E-state index is -3.82. The largest absolute Gasteiger partial charge is 0.760 e. The van der Waals surface area contributed by atoms with Gasteiger partial charge < -0.3 is 12.6 Å². The van der Waals surface area contributed by atoms with Gasteiger partial charge in [0.1, 0.15) is 0 Å². The van der Waals surface area contributed by atoms with Gasteiger partial charge in [-0.3, -0.25) is 0 Å². The highest BCUT2D eigenvalue weighted by molar-refractivity contribution is 7.89. The Bertz CT molecular complexity index is 788. The van der Waals surface area contributed by atoms with Crippen molar-refractivity contribution < 1.29 is 8.42 Å². The fourth-order valence-corrected chi connectivity index (χ4v) is 4.06. The van der Waals surface area contributed by atoms with E-state index in [0.29, 0.717) is 6.42 Å². The summed E-state index contributed by atoms with van der Waals surface area (Å²) in [5.74, 6) is 0. The normalized spacial score (nSPS) is 13.1. The summed E-state index contributed by atoms with van der Waals surface area (Å²) >= 11 is 5.51. The number of hydrogen-bond acceptors (Lipinski definition) is 4. The Kier molecular flexibility index (Phi) is 7.08. The van der Waals surface area contributed by atoms with E-state index in [-0.39, 0.29) is 4.90 Å². The molecule has 0 bridgehead atoms. The number of rotatable bonds is 8. The molecule has 0 N–H and O–H groups in total. The number of hydrazone groups is 1. The SMILES string of the molecule is CCCC/C=N/N(C([S-])c1ccccc1)S(=O)(=O)c1ccc(C)cc1. The summed E-state index contributed by atoms with van der Waals surface area (Å²) in [4.78, 5) is 0.191. The van der Waals surface area contributed by atoms with Crippen LogP contribution in [0.3, 0.4) is 0 Å². The van der Waals surface area contributed by atoms with Crippen LogP contribution in [-0.4, -0.2) is 19.0 Å². The van der Waals surface area contributed by atoms with Gasteiger partial charge in [-0.1, -0.05) is 61.4 Å². The molecule has 0 fully saturated rings. The molecule has 0 radical (unpaired) electrons. The Hall–Kier alpha value is -1.79. The Morgan fingerprint density at radius 1 is 1.12 bits per heavy atom. The van der Waals surface area contributed by atoms with E-state index in [1.165, 1.54) is 0 Å². The maximum absolute atomic E-state index is 13.1. The third-order valence-corrected chi connectivity index (χ3v) is 6.00. The zero-order chi connectivity index (χ0) is 18.3. The van der Waals surface area contributed by atoms with E-state index in [4.69, 9.17) is 12.6 Å². The van der Waals surface area contributed by atoms with Crippen LogP contribution >= 0.6 is 0 Å². The molecule has 2 rings (SSSR count). The average Bonchev–Trinajstić information content (AvgIpc) is 2.62. The number of nitrogens with zero attached hydrogens (tertiary/aromatic N) is 2. The predicted octanol–water partition coefficient (Wildman–Crippen LogP) is 4.41. The van der Waals surface area contributed by atoms with Crippen LogP contribution in [0.2, 0.25) is 0 Å². The molecule has 1 atom stereocenters. The second kappa shape index (κ2) is 9.06. The minimum absolute atomic E-state index is 0.191. The third-order valence-electron chi connectivity index (χ3n) is 3.73. The Morgan fingerprint density at radius 2 is 1.76 bits per heavy atom. The van der Waals surface area contributed by atoms with Gasteiger partial charge in [-0.2, -0.15) is 13.5 Å². The van der Waals surface area contributed by atoms with Crippen LogP contribution in [0.25, 0.3) is 0 Å². The first-order chi connectivity index (χ1) is 12.0. The van der Waals surface area contributed by atoms with E-state index >= 15 is 0 Å². The number of sulfonamides is 1. The molecule has 0 saturated carbocycles. The van der Waals surface area contributed by atoms with Crippen LogP contribution in [0, 0.1) is 6.92 Å². The van der Waals surface area contributed by atoms with Crippen molar-refractivity contribution in [3.63, 3.8) is 0 Å². The first kappa shape index (κ1) is 19.5. The van der Waals surface area contributed by atoms with Crippen molar-refractivity contribution in [3.8, 4) is 0 Å². The van der Waals surface area contributed by atoms with Crippen LogP contribution in [0.4, 0.5) is 0 Å². The Balaban J connectivity index is 2.39. The van der Waals surface area contributed by atoms with Crippen molar-refractivity contribution in [2.45, 2.75) is 43.4 Å². The fourth-order valence-electron chi connectivity index (χ4n) is 2.25. The molecule has 4 nitrogen and oxygen atoms in total. The average molecular weight is 376 g/mol. The lowest BCUT2D eigenvalue weighted by atomic mass is 10.2. The summed E-state index contributed by atoms with van der Waals surface area (Å²) in [6.45, 7) is 3.99. The lowest BCUT2D eigenvalue weighted by molar-refractivity contribution is 0.419. The second-order valence-electron chi connectivity index (χ2n) is 5.79. The summed E-state index contributed by atoms with van der Waals surface area (Å²) < 4.78 is 27.2. The molecule has 0 amide bonds. The van der Waals surface area contributed by atoms with Crippen LogP contribution in [0.5, 0.6) is 0 Å². The van der Waals surface area contributed by atoms with E-state index in [0.717, 1.165) is 28.4 Å². The van der Waals surface area contributed by atoms with Gasteiger partial charge in [0.25, 0.3) is 10.0 Å². The molecule has 6 heteroatoms. The molecule has 1 unspecified atom stereocenters. The van der Waals surface area contributed by atoms with Gasteiger partial charge in [-0.15, -0.1) is 0 Å². The monoisotopic (exact) mass is 375 g/mol. The number of unbranched alkanes of at least 4 members (excludes halogenated alkanes) is 2. The van der Waals surface area contributed by atoms with Gasteiger partial charge >= 0.3 is 0 Å². The van der Waals surface area contributed by atoms with E-state index in [9.17, 15) is 8.42 Å². The molecule has 0 aliphatic carbocycles. The lowest BCUT2D eigenvalue weighted by Crippen LogP contribution is -2.29. The van der Waals surface area contributed by atoms with Gasteiger partial charge in [0.2, 0.25) is 0 Å². The van der Waals surface area contributed by atoms with Crippen LogP contribution in [0.1, 0.15) is 42.7 Å². The van der Waals surface area contributed by atoms with Crippen molar-refractivity contribution in [1.29, 1.82) is 0 Å². The van der Waals surface area contributed by atoms with E-state index in [1.54, 1.807) is 30.5 Å². The van der Waals surface area contributed by atoms with E-state index in [1.807, 2.05) is 37.3 Å². The molecule has 25 heavy (non-hydrogen) atoms. The molecule has 2 aromatic carbocycles. The molecular formula is C19H23N2O2S2-. The number of hydrogen-bond donors (Lipinski definition) is 0. The van der Waals surface area contributed by atoms with E-state index < -0.39 is 15.4 Å². The van der Waals surface area contributed by atoms with Gasteiger partial charge in [0.15, 0.2) is 0 Å². The van der Waals surface area contributed by atoms with Crippen molar-refractivity contribution >= 4 is 28.9 Å². The van der Waals surface area contributed by atoms with Crippen molar-refractivity contribution in [2.24, 2.45) is 5.10 Å². The smallest absolute Gasteiger partial charge is 0.277 e. The fraction of sp³-hybridized carbons (Fsp3) is 0.316. The molecular weight excluding hydrogens is 352 g/mol. The van der Waals surface area contributed by atoms with Crippen molar-refractivity contribution in [1.82, 2.24) is 4.41 Å². The third kappa shape index (κ3) is 5.09. The van der Waals surface area contributed by atoms with Gasteiger partial charge in [0, 0.05) is 6.21 Å². The zero-order valence-electron chi connectivity index (χ0n) is 14.5. The van der Waals surface area contributed by atoms with Crippen molar-refractivity contribution in [2.75, 3.05) is 0 Å². The first-order valence-electron chi connectivity index (χ1n) is 8.31.